The van der Waals surface area contributed by atoms with E-state index in [4.69, 9.17) is 0 Å². The van der Waals surface area contributed by atoms with E-state index in [1.165, 1.54) is 12.1 Å². The molecule has 0 radical (unpaired) electrons. The lowest BCUT2D eigenvalue weighted by atomic mass is 10.0. The van der Waals surface area contributed by atoms with Gasteiger partial charge in [0.1, 0.15) is 17.3 Å². The van der Waals surface area contributed by atoms with E-state index in [1.807, 2.05) is 0 Å². The number of halogens is 1. The lowest BCUT2D eigenvalue weighted by Crippen LogP contribution is -2.06. The van der Waals surface area contributed by atoms with Crippen molar-refractivity contribution in [2.75, 3.05) is 0 Å². The molecular formula is C15H13FO2. The van der Waals surface area contributed by atoms with Crippen molar-refractivity contribution in [1.29, 1.82) is 0 Å². The molecule has 0 heterocycles. The van der Waals surface area contributed by atoms with Gasteiger partial charge in [0.05, 0.1) is 0 Å². The molecule has 0 aliphatic rings. The monoisotopic (exact) mass is 244 g/mol. The third kappa shape index (κ3) is 3.42. The predicted molar refractivity (Wildman–Crippen MR) is 66.9 cm³/mol. The molecule has 0 fully saturated rings. The largest absolute Gasteiger partial charge is 0.508 e. The fourth-order valence-electron chi connectivity index (χ4n) is 1.83. The molecule has 0 amide bonds. The Kier molecular flexibility index (Phi) is 3.72. The van der Waals surface area contributed by atoms with Gasteiger partial charge in [0, 0.05) is 12.8 Å². The van der Waals surface area contributed by atoms with E-state index >= 15 is 0 Å². The van der Waals surface area contributed by atoms with Crippen molar-refractivity contribution in [1.82, 2.24) is 0 Å². The summed E-state index contributed by atoms with van der Waals surface area (Å²) in [4.78, 5) is 11.8. The zero-order valence-electron chi connectivity index (χ0n) is 9.77. The molecular weight excluding hydrogens is 231 g/mol. The fourth-order valence-corrected chi connectivity index (χ4v) is 1.83. The highest BCUT2D eigenvalue weighted by Gasteiger charge is 2.06. The number of carbonyl (C=O) groups is 1. The van der Waals surface area contributed by atoms with Crippen molar-refractivity contribution in [2.24, 2.45) is 0 Å². The average Bonchev–Trinajstić information content (AvgIpc) is 2.28. The van der Waals surface area contributed by atoms with Gasteiger partial charge in [-0.05, 0) is 35.4 Å². The van der Waals surface area contributed by atoms with E-state index in [0.29, 0.717) is 5.56 Å². The van der Waals surface area contributed by atoms with Crippen molar-refractivity contribution >= 4 is 5.78 Å². The molecule has 1 N–H and O–H groups in total. The second kappa shape index (κ2) is 5.45. The minimum atomic E-state index is -0.336. The number of benzene rings is 2. The van der Waals surface area contributed by atoms with Crippen molar-refractivity contribution in [3.05, 3.63) is 65.5 Å². The fraction of sp³-hybridized carbons (Fsp3) is 0.133. The maximum Gasteiger partial charge on any atom is 0.141 e. The average molecular weight is 244 g/mol. The molecule has 3 heteroatoms. The first kappa shape index (κ1) is 12.3. The number of hydrogen-bond acceptors (Lipinski definition) is 2. The number of ketones is 1. The van der Waals surface area contributed by atoms with Crippen LogP contribution in [0.4, 0.5) is 4.39 Å². The van der Waals surface area contributed by atoms with Crippen LogP contribution in [0, 0.1) is 5.82 Å². The van der Waals surface area contributed by atoms with Crippen LogP contribution in [0.1, 0.15) is 11.1 Å². The van der Waals surface area contributed by atoms with Crippen molar-refractivity contribution in [2.45, 2.75) is 12.8 Å². The lowest BCUT2D eigenvalue weighted by molar-refractivity contribution is -0.117. The summed E-state index contributed by atoms with van der Waals surface area (Å²) in [6, 6.07) is 12.6. The van der Waals surface area contributed by atoms with E-state index in [2.05, 4.69) is 0 Å². The maximum atomic E-state index is 13.0. The van der Waals surface area contributed by atoms with Crippen LogP contribution in [0.15, 0.2) is 48.5 Å². The summed E-state index contributed by atoms with van der Waals surface area (Å²) in [5.41, 5.74) is 1.43. The summed E-state index contributed by atoms with van der Waals surface area (Å²) in [5, 5.41) is 9.29. The summed E-state index contributed by atoms with van der Waals surface area (Å²) >= 11 is 0. The summed E-state index contributed by atoms with van der Waals surface area (Å²) in [7, 11) is 0. The molecule has 0 bridgehead atoms. The molecule has 0 aliphatic heterocycles. The molecule has 2 aromatic rings. The minimum absolute atomic E-state index is 0.00815. The Bertz CT molecular complexity index is 514. The summed E-state index contributed by atoms with van der Waals surface area (Å²) < 4.78 is 13.0. The standard InChI is InChI=1S/C15H13FO2/c16-13-5-1-3-11(7-13)9-15(18)10-12-4-2-6-14(17)8-12/h1-8,17H,9-10H2. The number of Topliss-reactive ketones (excluding diaryl/α,β-unsaturated/α-hetero) is 1. The van der Waals surface area contributed by atoms with Crippen LogP contribution in [-0.2, 0) is 17.6 Å². The van der Waals surface area contributed by atoms with Crippen LogP contribution in [0.2, 0.25) is 0 Å². The predicted octanol–water partition coefficient (Wildman–Crippen LogP) is 2.89. The molecule has 2 nitrogen and oxygen atoms in total. The summed E-state index contributed by atoms with van der Waals surface area (Å²) in [6.45, 7) is 0. The van der Waals surface area contributed by atoms with Gasteiger partial charge in [-0.25, -0.2) is 4.39 Å². The van der Waals surface area contributed by atoms with E-state index < -0.39 is 0 Å². The molecule has 2 aromatic carbocycles. The molecule has 92 valence electrons. The molecule has 18 heavy (non-hydrogen) atoms. The molecule has 0 aromatic heterocycles. The van der Waals surface area contributed by atoms with Gasteiger partial charge in [0.25, 0.3) is 0 Å². The molecule has 2 rings (SSSR count). The number of hydrogen-bond donors (Lipinski definition) is 1. The molecule has 0 atom stereocenters. The van der Waals surface area contributed by atoms with Crippen LogP contribution in [0.5, 0.6) is 5.75 Å². The van der Waals surface area contributed by atoms with E-state index in [9.17, 15) is 14.3 Å². The third-order valence-corrected chi connectivity index (χ3v) is 2.60. The number of phenolic OH excluding ortho intramolecular Hbond substituents is 1. The second-order valence-corrected chi connectivity index (χ2v) is 4.19. The van der Waals surface area contributed by atoms with Crippen molar-refractivity contribution in [3.8, 4) is 5.75 Å². The van der Waals surface area contributed by atoms with Gasteiger partial charge >= 0.3 is 0 Å². The van der Waals surface area contributed by atoms with Gasteiger partial charge in [-0.2, -0.15) is 0 Å². The van der Waals surface area contributed by atoms with Crippen molar-refractivity contribution in [3.63, 3.8) is 0 Å². The number of phenols is 1. The normalized spacial score (nSPS) is 10.3. The highest BCUT2D eigenvalue weighted by atomic mass is 19.1. The van der Waals surface area contributed by atoms with Gasteiger partial charge < -0.3 is 5.11 Å². The quantitative estimate of drug-likeness (QED) is 0.897. The van der Waals surface area contributed by atoms with Gasteiger partial charge in [0.2, 0.25) is 0 Å². The van der Waals surface area contributed by atoms with E-state index in [0.717, 1.165) is 5.56 Å². The SMILES string of the molecule is O=C(Cc1cccc(O)c1)Cc1cccc(F)c1. The number of aromatic hydroxyl groups is 1. The molecule has 0 saturated heterocycles. The zero-order valence-corrected chi connectivity index (χ0v) is 9.77. The van der Waals surface area contributed by atoms with Crippen LogP contribution >= 0.6 is 0 Å². The molecule has 0 unspecified atom stereocenters. The maximum absolute atomic E-state index is 13.0. The Labute approximate surface area is 105 Å². The van der Waals surface area contributed by atoms with E-state index in [-0.39, 0.29) is 30.2 Å². The zero-order chi connectivity index (χ0) is 13.0. The Hall–Kier alpha value is -2.16. The third-order valence-electron chi connectivity index (χ3n) is 2.60. The molecule has 0 aliphatic carbocycles. The first-order chi connectivity index (χ1) is 8.63. The Morgan fingerprint density at radius 1 is 1.00 bits per heavy atom. The smallest absolute Gasteiger partial charge is 0.141 e. The van der Waals surface area contributed by atoms with Gasteiger partial charge in [-0.3, -0.25) is 4.79 Å². The molecule has 0 saturated carbocycles. The second-order valence-electron chi connectivity index (χ2n) is 4.19. The first-order valence-electron chi connectivity index (χ1n) is 5.67. The lowest BCUT2D eigenvalue weighted by Gasteiger charge is -2.03. The van der Waals surface area contributed by atoms with Crippen LogP contribution in [-0.4, -0.2) is 10.9 Å². The van der Waals surface area contributed by atoms with Crippen molar-refractivity contribution < 1.29 is 14.3 Å². The topological polar surface area (TPSA) is 37.3 Å². The van der Waals surface area contributed by atoms with E-state index in [1.54, 1.807) is 36.4 Å². The van der Waals surface area contributed by atoms with Gasteiger partial charge in [-0.15, -0.1) is 0 Å². The first-order valence-corrected chi connectivity index (χ1v) is 5.67. The Morgan fingerprint density at radius 2 is 1.61 bits per heavy atom. The Morgan fingerprint density at radius 3 is 2.22 bits per heavy atom. The highest BCUT2D eigenvalue weighted by molar-refractivity contribution is 5.83. The molecule has 0 spiro atoms. The van der Waals surface area contributed by atoms with Crippen LogP contribution < -0.4 is 0 Å². The van der Waals surface area contributed by atoms with Gasteiger partial charge in [0.15, 0.2) is 0 Å². The van der Waals surface area contributed by atoms with Crippen LogP contribution in [0.25, 0.3) is 0 Å². The Balaban J connectivity index is 2.01. The summed E-state index contributed by atoms with van der Waals surface area (Å²) in [6.07, 6.45) is 0.443. The van der Waals surface area contributed by atoms with Gasteiger partial charge in [-0.1, -0.05) is 24.3 Å². The summed E-state index contributed by atoms with van der Waals surface area (Å²) in [5.74, 6) is -0.199. The minimum Gasteiger partial charge on any atom is -0.508 e. The highest BCUT2D eigenvalue weighted by Crippen LogP contribution is 2.13. The van der Waals surface area contributed by atoms with Crippen LogP contribution in [0.3, 0.4) is 0 Å². The number of carbonyl (C=O) groups excluding carboxylic acids is 1. The number of rotatable bonds is 4.